The Hall–Kier alpha value is -0.650. The van der Waals surface area contributed by atoms with Crippen molar-refractivity contribution in [1.82, 2.24) is 5.32 Å². The normalized spacial score (nSPS) is 11.5. The summed E-state index contributed by atoms with van der Waals surface area (Å²) >= 11 is 3.02. The summed E-state index contributed by atoms with van der Waals surface area (Å²) in [5, 5.41) is 2.69. The van der Waals surface area contributed by atoms with Crippen LogP contribution in [0.25, 0.3) is 0 Å². The fraction of sp³-hybridized carbons (Fsp3) is 0.300. The van der Waals surface area contributed by atoms with E-state index in [1.807, 2.05) is 0 Å². The molecule has 0 aliphatic heterocycles. The first kappa shape index (κ1) is 15.3. The highest BCUT2D eigenvalue weighted by atomic mass is 79.9. The minimum Gasteiger partial charge on any atom is -0.348 e. The van der Waals surface area contributed by atoms with Gasteiger partial charge in [-0.3, -0.25) is 4.79 Å². The van der Waals surface area contributed by atoms with Crippen LogP contribution in [0, 0.1) is 5.82 Å². The maximum atomic E-state index is 12.9. The van der Waals surface area contributed by atoms with E-state index in [4.69, 9.17) is 5.73 Å². The van der Waals surface area contributed by atoms with E-state index < -0.39 is 5.82 Å². The summed E-state index contributed by atoms with van der Waals surface area (Å²) in [4.78, 5) is 11.6. The van der Waals surface area contributed by atoms with Crippen LogP contribution in [0.15, 0.2) is 22.7 Å². The van der Waals surface area contributed by atoms with Gasteiger partial charge >= 0.3 is 0 Å². The number of carbonyl (C=O) groups is 1. The van der Waals surface area contributed by atoms with Crippen molar-refractivity contribution in [2.75, 3.05) is 6.54 Å². The van der Waals surface area contributed by atoms with E-state index >= 15 is 0 Å². The Morgan fingerprint density at radius 2 is 2.25 bits per heavy atom. The quantitative estimate of drug-likeness (QED) is 0.898. The van der Waals surface area contributed by atoms with Crippen LogP contribution in [0.1, 0.15) is 17.3 Å². The summed E-state index contributed by atoms with van der Waals surface area (Å²) < 4.78 is 13.2. The van der Waals surface area contributed by atoms with Crippen LogP contribution in [0.2, 0.25) is 0 Å². The Morgan fingerprint density at radius 1 is 1.62 bits per heavy atom. The molecule has 3 nitrogen and oxygen atoms in total. The Labute approximate surface area is 108 Å². The lowest BCUT2D eigenvalue weighted by Gasteiger charge is -2.11. The van der Waals surface area contributed by atoms with Crippen molar-refractivity contribution in [3.8, 4) is 0 Å². The maximum Gasteiger partial charge on any atom is 0.251 e. The minimum absolute atomic E-state index is 0. The lowest BCUT2D eigenvalue weighted by atomic mass is 10.2. The van der Waals surface area contributed by atoms with Gasteiger partial charge in [-0.05, 0) is 41.1 Å². The molecule has 3 N–H and O–H groups in total. The predicted octanol–water partition coefficient (Wildman–Crippen LogP) is 2.09. The average Bonchev–Trinajstić information content (AvgIpc) is 2.21. The van der Waals surface area contributed by atoms with Gasteiger partial charge in [-0.25, -0.2) is 4.39 Å². The van der Waals surface area contributed by atoms with Crippen LogP contribution in [-0.4, -0.2) is 18.5 Å². The summed E-state index contributed by atoms with van der Waals surface area (Å²) in [6.07, 6.45) is 0. The number of rotatable bonds is 3. The number of carbonyl (C=O) groups excluding carboxylic acids is 1. The van der Waals surface area contributed by atoms with Crippen LogP contribution in [0.4, 0.5) is 4.39 Å². The Morgan fingerprint density at radius 3 is 2.75 bits per heavy atom. The summed E-state index contributed by atoms with van der Waals surface area (Å²) in [6, 6.07) is 4.01. The van der Waals surface area contributed by atoms with Crippen LogP contribution in [0.5, 0.6) is 0 Å². The van der Waals surface area contributed by atoms with E-state index in [2.05, 4.69) is 21.2 Å². The lowest BCUT2D eigenvalue weighted by Crippen LogP contribution is -2.37. The summed E-state index contributed by atoms with van der Waals surface area (Å²) in [5.41, 5.74) is 5.77. The molecule has 0 saturated carbocycles. The SMILES string of the molecule is C[C@@H](CN)NC(=O)c1ccc(F)c(Br)c1.Cl. The standard InChI is InChI=1S/C10H12BrFN2O.ClH/c1-6(5-13)14-10(15)7-2-3-9(12)8(11)4-7;/h2-4,6H,5,13H2,1H3,(H,14,15);1H/t6-;/m0./s1. The van der Waals surface area contributed by atoms with Gasteiger partial charge in [-0.2, -0.15) is 0 Å². The first-order valence-corrected chi connectivity index (χ1v) is 5.30. The van der Waals surface area contributed by atoms with E-state index in [1.165, 1.54) is 18.2 Å². The van der Waals surface area contributed by atoms with Crippen LogP contribution in [-0.2, 0) is 0 Å². The number of benzene rings is 1. The Bertz CT molecular complexity index is 376. The van der Waals surface area contributed by atoms with Gasteiger partial charge in [0, 0.05) is 18.2 Å². The van der Waals surface area contributed by atoms with Crippen molar-refractivity contribution in [1.29, 1.82) is 0 Å². The zero-order valence-electron chi connectivity index (χ0n) is 8.67. The van der Waals surface area contributed by atoms with Crippen molar-refractivity contribution in [2.45, 2.75) is 13.0 Å². The van der Waals surface area contributed by atoms with Crippen LogP contribution >= 0.6 is 28.3 Å². The molecule has 90 valence electrons. The molecule has 1 rings (SSSR count). The smallest absolute Gasteiger partial charge is 0.251 e. The van der Waals surface area contributed by atoms with Crippen LogP contribution in [0.3, 0.4) is 0 Å². The van der Waals surface area contributed by atoms with E-state index in [0.29, 0.717) is 12.1 Å². The molecule has 0 fully saturated rings. The first-order valence-electron chi connectivity index (χ1n) is 4.50. The van der Waals surface area contributed by atoms with Crippen molar-refractivity contribution in [2.24, 2.45) is 5.73 Å². The molecule has 0 spiro atoms. The Kier molecular flexibility index (Phi) is 6.55. The maximum absolute atomic E-state index is 12.9. The molecular formula is C10H13BrClFN2O. The van der Waals surface area contributed by atoms with Gasteiger partial charge in [0.05, 0.1) is 4.47 Å². The molecule has 0 radical (unpaired) electrons. The number of hydrogen-bond acceptors (Lipinski definition) is 2. The van der Waals surface area contributed by atoms with Crippen molar-refractivity contribution < 1.29 is 9.18 Å². The van der Waals surface area contributed by atoms with Gasteiger partial charge in [0.25, 0.3) is 5.91 Å². The van der Waals surface area contributed by atoms with Gasteiger partial charge in [0.15, 0.2) is 0 Å². The zero-order valence-corrected chi connectivity index (χ0v) is 11.1. The second-order valence-corrected chi connectivity index (χ2v) is 4.09. The van der Waals surface area contributed by atoms with Gasteiger partial charge in [0.2, 0.25) is 0 Å². The first-order chi connectivity index (χ1) is 7.04. The van der Waals surface area contributed by atoms with E-state index in [-0.39, 0.29) is 28.8 Å². The highest BCUT2D eigenvalue weighted by molar-refractivity contribution is 9.10. The molecule has 1 aromatic rings. The van der Waals surface area contributed by atoms with Crippen LogP contribution < -0.4 is 11.1 Å². The predicted molar refractivity (Wildman–Crippen MR) is 67.3 cm³/mol. The second kappa shape index (κ2) is 6.83. The minimum atomic E-state index is -0.390. The number of halogens is 3. The molecule has 1 aromatic carbocycles. The number of nitrogens with one attached hydrogen (secondary N) is 1. The van der Waals surface area contributed by atoms with Gasteiger partial charge in [-0.1, -0.05) is 0 Å². The third-order valence-corrected chi connectivity index (χ3v) is 2.52. The molecule has 0 heterocycles. The molecule has 1 atom stereocenters. The lowest BCUT2D eigenvalue weighted by molar-refractivity contribution is 0.0941. The second-order valence-electron chi connectivity index (χ2n) is 3.24. The average molecular weight is 312 g/mol. The van der Waals surface area contributed by atoms with E-state index in [1.54, 1.807) is 6.92 Å². The number of amides is 1. The molecule has 0 aliphatic rings. The largest absolute Gasteiger partial charge is 0.348 e. The molecule has 0 unspecified atom stereocenters. The summed E-state index contributed by atoms with van der Waals surface area (Å²) in [6.45, 7) is 2.17. The molecule has 6 heteroatoms. The molecule has 0 aromatic heterocycles. The van der Waals surface area contributed by atoms with Gasteiger partial charge in [-0.15, -0.1) is 12.4 Å². The fourth-order valence-electron chi connectivity index (χ4n) is 1.00. The molecule has 0 aliphatic carbocycles. The third kappa shape index (κ3) is 4.08. The van der Waals surface area contributed by atoms with E-state index in [0.717, 1.165) is 0 Å². The summed E-state index contributed by atoms with van der Waals surface area (Å²) in [5.74, 6) is -0.646. The van der Waals surface area contributed by atoms with Gasteiger partial charge < -0.3 is 11.1 Å². The monoisotopic (exact) mass is 310 g/mol. The number of nitrogens with two attached hydrogens (primary N) is 1. The molecule has 16 heavy (non-hydrogen) atoms. The Balaban J connectivity index is 0.00000225. The zero-order chi connectivity index (χ0) is 11.4. The fourth-order valence-corrected chi connectivity index (χ4v) is 1.38. The van der Waals surface area contributed by atoms with Crippen molar-refractivity contribution in [3.63, 3.8) is 0 Å². The van der Waals surface area contributed by atoms with Crippen molar-refractivity contribution in [3.05, 3.63) is 34.1 Å². The highest BCUT2D eigenvalue weighted by Gasteiger charge is 2.10. The van der Waals surface area contributed by atoms with Gasteiger partial charge in [0.1, 0.15) is 5.82 Å². The van der Waals surface area contributed by atoms with Crippen molar-refractivity contribution >= 4 is 34.2 Å². The molecule has 0 saturated heterocycles. The molecule has 1 amide bonds. The highest BCUT2D eigenvalue weighted by Crippen LogP contribution is 2.16. The molecular weight excluding hydrogens is 298 g/mol. The number of hydrogen-bond donors (Lipinski definition) is 2. The topological polar surface area (TPSA) is 55.1 Å². The third-order valence-electron chi connectivity index (χ3n) is 1.91. The molecule has 0 bridgehead atoms. The summed E-state index contributed by atoms with van der Waals surface area (Å²) in [7, 11) is 0. The van der Waals surface area contributed by atoms with E-state index in [9.17, 15) is 9.18 Å².